The van der Waals surface area contributed by atoms with Crippen molar-refractivity contribution in [2.75, 3.05) is 13.1 Å². The number of hydrogen-bond donors (Lipinski definition) is 0. The lowest BCUT2D eigenvalue weighted by Gasteiger charge is -2.32. The summed E-state index contributed by atoms with van der Waals surface area (Å²) in [6.45, 7) is 4.29. The summed E-state index contributed by atoms with van der Waals surface area (Å²) in [4.78, 5) is 10.7. The highest BCUT2D eigenvalue weighted by Gasteiger charge is 2.20. The Labute approximate surface area is 113 Å². The van der Waals surface area contributed by atoms with Crippen molar-refractivity contribution in [2.45, 2.75) is 25.9 Å². The fourth-order valence-corrected chi connectivity index (χ4v) is 2.79. The first-order chi connectivity index (χ1) is 9.40. The molecule has 0 bridgehead atoms. The number of piperidine rings is 1. The second-order valence-electron chi connectivity index (χ2n) is 5.22. The van der Waals surface area contributed by atoms with Gasteiger partial charge in [0.05, 0.1) is 0 Å². The molecule has 1 aliphatic rings. The summed E-state index contributed by atoms with van der Waals surface area (Å²) in [5, 5.41) is 4.20. The van der Waals surface area contributed by atoms with Crippen molar-refractivity contribution in [3.05, 3.63) is 42.7 Å². The van der Waals surface area contributed by atoms with Crippen LogP contribution in [-0.4, -0.2) is 37.7 Å². The van der Waals surface area contributed by atoms with E-state index in [1.807, 2.05) is 23.1 Å². The zero-order valence-electron chi connectivity index (χ0n) is 11.0. The highest BCUT2D eigenvalue weighted by Crippen LogP contribution is 2.19. The zero-order valence-corrected chi connectivity index (χ0v) is 11.0. The highest BCUT2D eigenvalue weighted by molar-refractivity contribution is 5.08. The molecule has 0 radical (unpaired) electrons. The van der Waals surface area contributed by atoms with Crippen LogP contribution in [0.2, 0.25) is 0 Å². The number of rotatable bonds is 4. The molecule has 3 rings (SSSR count). The summed E-state index contributed by atoms with van der Waals surface area (Å²) < 4.78 is 1.94. The van der Waals surface area contributed by atoms with Gasteiger partial charge in [-0.3, -0.25) is 14.6 Å². The van der Waals surface area contributed by atoms with Crippen LogP contribution in [0.3, 0.4) is 0 Å². The van der Waals surface area contributed by atoms with Gasteiger partial charge in [0.15, 0.2) is 0 Å². The predicted molar refractivity (Wildman–Crippen MR) is 72.3 cm³/mol. The molecule has 5 heteroatoms. The second kappa shape index (κ2) is 5.93. The molecule has 100 valence electrons. The molecule has 5 nitrogen and oxygen atoms in total. The lowest BCUT2D eigenvalue weighted by molar-refractivity contribution is 0.153. The van der Waals surface area contributed by atoms with E-state index in [1.54, 1.807) is 12.7 Å². The Morgan fingerprint density at radius 3 is 3.11 bits per heavy atom. The SMILES string of the molecule is c1cncc(CN2CCC[C@H](Cn3cncn3)C2)c1. The Morgan fingerprint density at radius 1 is 1.32 bits per heavy atom. The summed E-state index contributed by atoms with van der Waals surface area (Å²) in [7, 11) is 0. The van der Waals surface area contributed by atoms with Gasteiger partial charge in [0.25, 0.3) is 0 Å². The third kappa shape index (κ3) is 3.38. The summed E-state index contributed by atoms with van der Waals surface area (Å²) in [5.41, 5.74) is 1.30. The fourth-order valence-electron chi connectivity index (χ4n) is 2.79. The largest absolute Gasteiger partial charge is 0.299 e. The van der Waals surface area contributed by atoms with E-state index in [-0.39, 0.29) is 0 Å². The lowest BCUT2D eigenvalue weighted by Crippen LogP contribution is -2.36. The van der Waals surface area contributed by atoms with Crippen molar-refractivity contribution < 1.29 is 0 Å². The third-order valence-electron chi connectivity index (χ3n) is 3.64. The van der Waals surface area contributed by atoms with Crippen LogP contribution in [0.5, 0.6) is 0 Å². The van der Waals surface area contributed by atoms with Crippen molar-refractivity contribution >= 4 is 0 Å². The normalized spacial score (nSPS) is 20.5. The maximum absolute atomic E-state index is 4.20. The van der Waals surface area contributed by atoms with Gasteiger partial charge >= 0.3 is 0 Å². The number of aromatic nitrogens is 4. The minimum absolute atomic E-state index is 0.673. The van der Waals surface area contributed by atoms with Crippen molar-refractivity contribution in [3.8, 4) is 0 Å². The van der Waals surface area contributed by atoms with Crippen LogP contribution in [0.25, 0.3) is 0 Å². The number of hydrogen-bond acceptors (Lipinski definition) is 4. The van der Waals surface area contributed by atoms with E-state index < -0.39 is 0 Å². The third-order valence-corrected chi connectivity index (χ3v) is 3.64. The van der Waals surface area contributed by atoms with E-state index in [4.69, 9.17) is 0 Å². The Hall–Kier alpha value is -1.75. The van der Waals surface area contributed by atoms with Crippen molar-refractivity contribution in [3.63, 3.8) is 0 Å². The van der Waals surface area contributed by atoms with Crippen molar-refractivity contribution in [1.82, 2.24) is 24.6 Å². The number of nitrogens with zero attached hydrogens (tertiary/aromatic N) is 5. The number of likely N-dealkylation sites (tertiary alicyclic amines) is 1. The minimum Gasteiger partial charge on any atom is -0.299 e. The summed E-state index contributed by atoms with van der Waals surface area (Å²) in [6, 6.07) is 4.15. The van der Waals surface area contributed by atoms with Gasteiger partial charge in [-0.1, -0.05) is 6.07 Å². The van der Waals surface area contributed by atoms with Gasteiger partial charge in [-0.25, -0.2) is 4.98 Å². The maximum atomic E-state index is 4.20. The van der Waals surface area contributed by atoms with E-state index in [1.165, 1.54) is 24.9 Å². The van der Waals surface area contributed by atoms with Gasteiger partial charge in [0, 0.05) is 32.0 Å². The second-order valence-corrected chi connectivity index (χ2v) is 5.22. The molecule has 19 heavy (non-hydrogen) atoms. The van der Waals surface area contributed by atoms with Crippen LogP contribution in [0.4, 0.5) is 0 Å². The van der Waals surface area contributed by atoms with Gasteiger partial charge in [0.2, 0.25) is 0 Å². The Bertz CT molecular complexity index is 482. The lowest BCUT2D eigenvalue weighted by atomic mass is 9.98. The molecule has 2 aromatic heterocycles. The van der Waals surface area contributed by atoms with E-state index in [2.05, 4.69) is 26.0 Å². The average molecular weight is 257 g/mol. The monoisotopic (exact) mass is 257 g/mol. The first-order valence-corrected chi connectivity index (χ1v) is 6.84. The van der Waals surface area contributed by atoms with Crippen LogP contribution >= 0.6 is 0 Å². The van der Waals surface area contributed by atoms with E-state index in [9.17, 15) is 0 Å². The molecule has 1 saturated heterocycles. The molecule has 2 aromatic rings. The molecule has 0 unspecified atom stereocenters. The van der Waals surface area contributed by atoms with Gasteiger partial charge in [-0.15, -0.1) is 0 Å². The van der Waals surface area contributed by atoms with Crippen LogP contribution in [-0.2, 0) is 13.1 Å². The molecule has 0 aromatic carbocycles. The molecular weight excluding hydrogens is 238 g/mol. The Balaban J connectivity index is 1.56. The van der Waals surface area contributed by atoms with E-state index in [0.29, 0.717) is 5.92 Å². The first-order valence-electron chi connectivity index (χ1n) is 6.84. The van der Waals surface area contributed by atoms with E-state index in [0.717, 1.165) is 19.6 Å². The van der Waals surface area contributed by atoms with Gasteiger partial charge in [-0.2, -0.15) is 5.10 Å². The molecule has 3 heterocycles. The quantitative estimate of drug-likeness (QED) is 0.834. The summed E-state index contributed by atoms with van der Waals surface area (Å²) in [5.74, 6) is 0.673. The topological polar surface area (TPSA) is 46.8 Å². The molecule has 0 saturated carbocycles. The van der Waals surface area contributed by atoms with Crippen LogP contribution < -0.4 is 0 Å². The smallest absolute Gasteiger partial charge is 0.137 e. The molecule has 0 aliphatic carbocycles. The molecule has 1 aliphatic heterocycles. The van der Waals surface area contributed by atoms with Crippen LogP contribution in [0, 0.1) is 5.92 Å². The predicted octanol–water partition coefficient (Wildman–Crippen LogP) is 1.59. The standard InChI is InChI=1S/C14H19N5/c1-3-13(7-15-5-1)8-18-6-2-4-14(9-18)10-19-12-16-11-17-19/h1,3,5,7,11-12,14H,2,4,6,8-10H2/t14-/m0/s1. The molecule has 0 amide bonds. The molecule has 1 fully saturated rings. The Morgan fingerprint density at radius 2 is 2.32 bits per heavy atom. The van der Waals surface area contributed by atoms with Crippen molar-refractivity contribution in [2.24, 2.45) is 5.92 Å². The van der Waals surface area contributed by atoms with Crippen LogP contribution in [0.15, 0.2) is 37.2 Å². The van der Waals surface area contributed by atoms with Gasteiger partial charge in [0.1, 0.15) is 12.7 Å². The fraction of sp³-hybridized carbons (Fsp3) is 0.500. The van der Waals surface area contributed by atoms with Gasteiger partial charge in [-0.05, 0) is 36.9 Å². The maximum Gasteiger partial charge on any atom is 0.137 e. The van der Waals surface area contributed by atoms with E-state index >= 15 is 0 Å². The number of pyridine rings is 1. The molecule has 0 spiro atoms. The highest BCUT2D eigenvalue weighted by atomic mass is 15.3. The zero-order chi connectivity index (χ0) is 12.9. The minimum atomic E-state index is 0.673. The molecular formula is C14H19N5. The average Bonchev–Trinajstić information content (AvgIpc) is 2.93. The summed E-state index contributed by atoms with van der Waals surface area (Å²) in [6.07, 6.45) is 9.74. The first kappa shape index (κ1) is 12.3. The molecule has 0 N–H and O–H groups in total. The molecule has 1 atom stereocenters. The summed E-state index contributed by atoms with van der Waals surface area (Å²) >= 11 is 0. The Kier molecular flexibility index (Phi) is 3.83. The van der Waals surface area contributed by atoms with Crippen molar-refractivity contribution in [1.29, 1.82) is 0 Å². The van der Waals surface area contributed by atoms with Crippen LogP contribution in [0.1, 0.15) is 18.4 Å². The van der Waals surface area contributed by atoms with Gasteiger partial charge < -0.3 is 0 Å².